The van der Waals surface area contributed by atoms with Crippen LogP contribution in [-0.2, 0) is 20.0 Å². The summed E-state index contributed by atoms with van der Waals surface area (Å²) in [4.78, 5) is 0. The van der Waals surface area contributed by atoms with E-state index < -0.39 is 0 Å². The molecule has 0 aliphatic carbocycles. The van der Waals surface area contributed by atoms with Crippen LogP contribution >= 0.6 is 0 Å². The van der Waals surface area contributed by atoms with Gasteiger partial charge in [0.2, 0.25) is 0 Å². The van der Waals surface area contributed by atoms with Crippen LogP contribution in [0.5, 0.6) is 0 Å². The third-order valence-corrected chi connectivity index (χ3v) is 2.20. The van der Waals surface area contributed by atoms with Gasteiger partial charge in [0.05, 0.1) is 12.0 Å². The van der Waals surface area contributed by atoms with Crippen LogP contribution in [0.25, 0.3) is 0 Å². The van der Waals surface area contributed by atoms with E-state index in [4.69, 9.17) is 4.42 Å². The summed E-state index contributed by atoms with van der Waals surface area (Å²) >= 11 is 0. The van der Waals surface area contributed by atoms with Gasteiger partial charge in [-0.05, 0) is 18.2 Å². The second-order valence-corrected chi connectivity index (χ2v) is 3.49. The van der Waals surface area contributed by atoms with Crippen LogP contribution in [0.4, 0.5) is 0 Å². The van der Waals surface area contributed by atoms with Gasteiger partial charge in [0.15, 0.2) is 0 Å². The molecule has 0 bridgehead atoms. The van der Waals surface area contributed by atoms with Gasteiger partial charge in [0.1, 0.15) is 5.76 Å². The van der Waals surface area contributed by atoms with E-state index in [-0.39, 0.29) is 0 Å². The van der Waals surface area contributed by atoms with E-state index in [1.54, 1.807) is 6.26 Å². The smallest absolute Gasteiger partial charge is 0.105 e. The van der Waals surface area contributed by atoms with Gasteiger partial charge < -0.3 is 9.73 Å². The van der Waals surface area contributed by atoms with E-state index in [1.165, 1.54) is 0 Å². The first-order valence-electron chi connectivity index (χ1n) is 5.06. The minimum absolute atomic E-state index is 0.807. The van der Waals surface area contributed by atoms with Crippen molar-refractivity contribution in [1.29, 1.82) is 0 Å². The van der Waals surface area contributed by atoms with Gasteiger partial charge in [-0.25, -0.2) is 0 Å². The quantitative estimate of drug-likeness (QED) is 0.749. The fraction of sp³-hybridized carbons (Fsp3) is 0.364. The van der Waals surface area contributed by atoms with Crippen molar-refractivity contribution in [2.75, 3.05) is 6.54 Å². The number of nitrogens with zero attached hydrogens (tertiary/aromatic N) is 2. The molecule has 0 saturated heterocycles. The van der Waals surface area contributed by atoms with Crippen molar-refractivity contribution < 1.29 is 4.42 Å². The monoisotopic (exact) mass is 205 g/mol. The summed E-state index contributed by atoms with van der Waals surface area (Å²) in [5.41, 5.74) is 1.07. The summed E-state index contributed by atoms with van der Waals surface area (Å²) in [6.45, 7) is 1.71. The average Bonchev–Trinajstić information content (AvgIpc) is 2.84. The van der Waals surface area contributed by atoms with Crippen LogP contribution in [0.3, 0.4) is 0 Å². The summed E-state index contributed by atoms with van der Waals surface area (Å²) in [6.07, 6.45) is 4.57. The number of nitrogens with one attached hydrogen (secondary N) is 1. The summed E-state index contributed by atoms with van der Waals surface area (Å²) in [6, 6.07) is 5.91. The maximum atomic E-state index is 5.23. The lowest BCUT2D eigenvalue weighted by Crippen LogP contribution is -2.16. The Hall–Kier alpha value is -1.55. The fourth-order valence-electron chi connectivity index (χ4n) is 1.44. The first kappa shape index (κ1) is 9.98. The minimum Gasteiger partial charge on any atom is -0.469 e. The van der Waals surface area contributed by atoms with Gasteiger partial charge in [-0.3, -0.25) is 4.68 Å². The molecule has 0 aliphatic heterocycles. The summed E-state index contributed by atoms with van der Waals surface area (Å²) in [5, 5.41) is 7.59. The molecular weight excluding hydrogens is 190 g/mol. The third kappa shape index (κ3) is 2.95. The molecule has 0 amide bonds. The Morgan fingerprint density at radius 2 is 2.40 bits per heavy atom. The largest absolute Gasteiger partial charge is 0.469 e. The van der Waals surface area contributed by atoms with E-state index in [0.717, 1.165) is 31.0 Å². The number of furan rings is 1. The Balaban J connectivity index is 1.67. The minimum atomic E-state index is 0.807. The van der Waals surface area contributed by atoms with E-state index in [0.29, 0.717) is 0 Å². The second kappa shape index (κ2) is 4.79. The third-order valence-electron chi connectivity index (χ3n) is 2.20. The zero-order chi connectivity index (χ0) is 10.5. The Morgan fingerprint density at radius 3 is 3.07 bits per heavy atom. The number of rotatable bonds is 5. The molecular formula is C11H15N3O. The topological polar surface area (TPSA) is 43.0 Å². The molecule has 15 heavy (non-hydrogen) atoms. The van der Waals surface area contributed by atoms with E-state index in [2.05, 4.69) is 10.4 Å². The van der Waals surface area contributed by atoms with Crippen LogP contribution in [-0.4, -0.2) is 16.3 Å². The van der Waals surface area contributed by atoms with Crippen molar-refractivity contribution in [2.24, 2.45) is 7.05 Å². The van der Waals surface area contributed by atoms with Gasteiger partial charge in [-0.2, -0.15) is 5.10 Å². The van der Waals surface area contributed by atoms with Crippen LogP contribution in [0.2, 0.25) is 0 Å². The molecule has 0 spiro atoms. The molecule has 80 valence electrons. The highest BCUT2D eigenvalue weighted by Gasteiger charge is 1.97. The van der Waals surface area contributed by atoms with Gasteiger partial charge in [0.25, 0.3) is 0 Å². The zero-order valence-corrected chi connectivity index (χ0v) is 8.81. The lowest BCUT2D eigenvalue weighted by molar-refractivity contribution is 0.498. The molecule has 0 fully saturated rings. The van der Waals surface area contributed by atoms with E-state index >= 15 is 0 Å². The lowest BCUT2D eigenvalue weighted by atomic mass is 10.3. The average molecular weight is 205 g/mol. The van der Waals surface area contributed by atoms with E-state index in [9.17, 15) is 0 Å². The molecule has 4 nitrogen and oxygen atoms in total. The van der Waals surface area contributed by atoms with Crippen molar-refractivity contribution in [1.82, 2.24) is 15.1 Å². The van der Waals surface area contributed by atoms with Crippen LogP contribution in [0.15, 0.2) is 35.1 Å². The first-order chi connectivity index (χ1) is 7.34. The standard InChI is InChI=1S/C11H15N3O/c1-14-7-5-10(13-14)9-12-6-4-11-3-2-8-15-11/h2-3,5,7-8,12H,4,6,9H2,1H3. The van der Waals surface area contributed by atoms with Gasteiger partial charge in [-0.1, -0.05) is 0 Å². The summed E-state index contributed by atoms with van der Waals surface area (Å²) in [7, 11) is 1.92. The number of aryl methyl sites for hydroxylation is 1. The Labute approximate surface area is 88.9 Å². The maximum absolute atomic E-state index is 5.23. The summed E-state index contributed by atoms with van der Waals surface area (Å²) < 4.78 is 7.04. The number of hydrogen-bond acceptors (Lipinski definition) is 3. The molecule has 2 aromatic rings. The Kier molecular flexibility index (Phi) is 3.19. The SMILES string of the molecule is Cn1ccc(CNCCc2ccco2)n1. The molecule has 4 heteroatoms. The predicted molar refractivity (Wildman–Crippen MR) is 57.3 cm³/mol. The van der Waals surface area contributed by atoms with E-state index in [1.807, 2.05) is 36.1 Å². The van der Waals surface area contributed by atoms with Crippen molar-refractivity contribution in [3.63, 3.8) is 0 Å². The van der Waals surface area contributed by atoms with Crippen molar-refractivity contribution >= 4 is 0 Å². The Bertz CT molecular complexity index is 392. The normalized spacial score (nSPS) is 10.7. The number of aromatic nitrogens is 2. The Morgan fingerprint density at radius 1 is 1.47 bits per heavy atom. The van der Waals surface area contributed by atoms with Crippen LogP contribution in [0.1, 0.15) is 11.5 Å². The zero-order valence-electron chi connectivity index (χ0n) is 8.81. The molecule has 1 N–H and O–H groups in total. The highest BCUT2D eigenvalue weighted by Crippen LogP contribution is 2.00. The van der Waals surface area contributed by atoms with Crippen molar-refractivity contribution in [2.45, 2.75) is 13.0 Å². The molecule has 2 rings (SSSR count). The van der Waals surface area contributed by atoms with Crippen LogP contribution < -0.4 is 5.32 Å². The van der Waals surface area contributed by atoms with Gasteiger partial charge in [0, 0.05) is 32.8 Å². The fourth-order valence-corrected chi connectivity index (χ4v) is 1.44. The molecule has 2 aromatic heterocycles. The lowest BCUT2D eigenvalue weighted by Gasteiger charge is -2.00. The van der Waals surface area contributed by atoms with Crippen LogP contribution in [0, 0.1) is 0 Å². The molecule has 0 unspecified atom stereocenters. The molecule has 0 aliphatic rings. The molecule has 0 aromatic carbocycles. The summed E-state index contributed by atoms with van der Waals surface area (Å²) in [5.74, 6) is 1.02. The molecule has 2 heterocycles. The van der Waals surface area contributed by atoms with Gasteiger partial charge in [-0.15, -0.1) is 0 Å². The second-order valence-electron chi connectivity index (χ2n) is 3.49. The van der Waals surface area contributed by atoms with Crippen molar-refractivity contribution in [3.05, 3.63) is 42.1 Å². The van der Waals surface area contributed by atoms with Crippen molar-refractivity contribution in [3.8, 4) is 0 Å². The molecule has 0 saturated carbocycles. The number of hydrogen-bond donors (Lipinski definition) is 1. The maximum Gasteiger partial charge on any atom is 0.105 e. The van der Waals surface area contributed by atoms with Gasteiger partial charge >= 0.3 is 0 Å². The molecule has 0 atom stereocenters. The molecule has 0 radical (unpaired) electrons. The highest BCUT2D eigenvalue weighted by molar-refractivity contribution is 5.00. The highest BCUT2D eigenvalue weighted by atomic mass is 16.3. The first-order valence-corrected chi connectivity index (χ1v) is 5.06. The predicted octanol–water partition coefficient (Wildman–Crippen LogP) is 1.35.